The Morgan fingerprint density at radius 1 is 1.00 bits per heavy atom. The first-order valence-corrected chi connectivity index (χ1v) is 14.6. The van der Waals surface area contributed by atoms with Gasteiger partial charge in [-0.25, -0.2) is 4.98 Å². The first kappa shape index (κ1) is 30.1. The van der Waals surface area contributed by atoms with E-state index in [1.807, 2.05) is 42.5 Å². The van der Waals surface area contributed by atoms with Gasteiger partial charge in [0.05, 0.1) is 22.1 Å². The number of hydrogen-bond acceptors (Lipinski definition) is 5. The van der Waals surface area contributed by atoms with E-state index in [4.69, 9.17) is 33.1 Å². The summed E-state index contributed by atoms with van der Waals surface area (Å²) in [5.74, 6) is -0.201. The maximum atomic E-state index is 13.2. The van der Waals surface area contributed by atoms with E-state index in [2.05, 4.69) is 24.7 Å². The van der Waals surface area contributed by atoms with Crippen LogP contribution in [0.1, 0.15) is 48.2 Å². The Kier molecular flexibility index (Phi) is 11.4. The number of halogens is 2. The second-order valence-corrected chi connectivity index (χ2v) is 11.0. The fraction of sp³-hybridized carbons (Fsp3) is 0.433. The van der Waals surface area contributed by atoms with E-state index in [-0.39, 0.29) is 12.4 Å². The van der Waals surface area contributed by atoms with Crippen molar-refractivity contribution < 1.29 is 14.7 Å². The summed E-state index contributed by atoms with van der Waals surface area (Å²) in [5.41, 5.74) is 3.06. The number of imidazole rings is 1. The summed E-state index contributed by atoms with van der Waals surface area (Å²) >= 11 is 12.5. The van der Waals surface area contributed by atoms with Gasteiger partial charge in [-0.05, 0) is 82.5 Å². The number of carbonyl (C=O) groups is 2. The fourth-order valence-corrected chi connectivity index (χ4v) is 5.90. The predicted octanol–water partition coefficient (Wildman–Crippen LogP) is 5.44. The number of piperidine rings is 1. The quantitative estimate of drug-likeness (QED) is 0.325. The normalized spacial score (nSPS) is 16.4. The van der Waals surface area contributed by atoms with E-state index in [1.165, 1.54) is 38.8 Å². The summed E-state index contributed by atoms with van der Waals surface area (Å²) in [5, 5.41) is 10.9. The molecule has 1 aromatic heterocycles. The van der Waals surface area contributed by atoms with Crippen molar-refractivity contribution in [2.45, 2.75) is 51.2 Å². The minimum Gasteiger partial charge on any atom is -0.483 e. The monoisotopic (exact) mass is 585 g/mol. The number of nitrogens with one attached hydrogen (secondary N) is 1. The van der Waals surface area contributed by atoms with Crippen LogP contribution in [0.4, 0.5) is 0 Å². The molecule has 0 unspecified atom stereocenters. The molecular weight excluding hydrogens is 549 g/mol. The van der Waals surface area contributed by atoms with Gasteiger partial charge in [-0.1, -0.05) is 59.6 Å². The molecule has 8 nitrogen and oxygen atoms in total. The highest BCUT2D eigenvalue weighted by Gasteiger charge is 2.26. The molecule has 1 amide bonds. The van der Waals surface area contributed by atoms with E-state index in [1.54, 1.807) is 12.4 Å². The molecule has 3 heterocycles. The number of aryl methyl sites for hydroxylation is 1. The van der Waals surface area contributed by atoms with E-state index in [0.29, 0.717) is 22.3 Å². The lowest BCUT2D eigenvalue weighted by atomic mass is 10.0. The number of hydrogen-bond donors (Lipinski definition) is 2. The van der Waals surface area contributed by atoms with Crippen molar-refractivity contribution in [1.82, 2.24) is 24.7 Å². The van der Waals surface area contributed by atoms with Crippen LogP contribution in [0.3, 0.4) is 0 Å². The Balaban J connectivity index is 0.00000118. The topological polar surface area (TPSA) is 90.7 Å². The fourth-order valence-electron chi connectivity index (χ4n) is 5.61. The van der Waals surface area contributed by atoms with Gasteiger partial charge in [0.1, 0.15) is 0 Å². The summed E-state index contributed by atoms with van der Waals surface area (Å²) in [6, 6.07) is 16.1. The molecule has 0 radical (unpaired) electrons. The molecule has 0 bridgehead atoms. The van der Waals surface area contributed by atoms with Crippen LogP contribution < -0.4 is 5.32 Å². The van der Waals surface area contributed by atoms with Gasteiger partial charge in [0.2, 0.25) is 0 Å². The van der Waals surface area contributed by atoms with Crippen molar-refractivity contribution in [2.24, 2.45) is 0 Å². The third-order valence-electron chi connectivity index (χ3n) is 7.63. The molecule has 2 fully saturated rings. The third-order valence-corrected chi connectivity index (χ3v) is 8.37. The van der Waals surface area contributed by atoms with Crippen LogP contribution in [0.2, 0.25) is 10.0 Å². The Labute approximate surface area is 245 Å². The van der Waals surface area contributed by atoms with Crippen molar-refractivity contribution in [3.63, 3.8) is 0 Å². The van der Waals surface area contributed by atoms with E-state index in [9.17, 15) is 4.79 Å². The second-order valence-electron chi connectivity index (χ2n) is 10.2. The number of carboxylic acid groups (broad SMARTS) is 1. The molecular formula is C30H37Cl2N5O3. The number of nitrogens with zero attached hydrogens (tertiary/aromatic N) is 4. The number of amides is 1. The Morgan fingerprint density at radius 2 is 1.70 bits per heavy atom. The maximum Gasteiger partial charge on any atom is 0.290 e. The molecule has 3 aromatic rings. The van der Waals surface area contributed by atoms with E-state index in [0.717, 1.165) is 55.5 Å². The molecule has 0 atom stereocenters. The van der Waals surface area contributed by atoms with Gasteiger partial charge in [-0.3, -0.25) is 9.59 Å². The summed E-state index contributed by atoms with van der Waals surface area (Å²) in [7, 11) is 0. The highest BCUT2D eigenvalue weighted by molar-refractivity contribution is 6.42. The minimum atomic E-state index is -0.250. The van der Waals surface area contributed by atoms with Gasteiger partial charge in [0, 0.05) is 24.7 Å². The minimum absolute atomic E-state index is 0.201. The van der Waals surface area contributed by atoms with Crippen LogP contribution in [0.15, 0.2) is 54.9 Å². The third kappa shape index (κ3) is 8.07. The van der Waals surface area contributed by atoms with Crippen LogP contribution in [-0.4, -0.2) is 75.6 Å². The number of aromatic nitrogens is 2. The second kappa shape index (κ2) is 15.2. The van der Waals surface area contributed by atoms with Crippen molar-refractivity contribution in [2.75, 3.05) is 32.7 Å². The Hall–Kier alpha value is -2.91. The van der Waals surface area contributed by atoms with Crippen LogP contribution in [0.5, 0.6) is 0 Å². The molecule has 214 valence electrons. The molecule has 0 saturated carbocycles. The van der Waals surface area contributed by atoms with Gasteiger partial charge >= 0.3 is 0 Å². The zero-order valence-corrected chi connectivity index (χ0v) is 24.2. The molecule has 0 aliphatic carbocycles. The number of rotatable bonds is 9. The van der Waals surface area contributed by atoms with Gasteiger partial charge < -0.3 is 24.8 Å². The summed E-state index contributed by atoms with van der Waals surface area (Å²) in [6.07, 6.45) is 8.02. The largest absolute Gasteiger partial charge is 0.483 e. The SMILES string of the molecule is O=C(NCc1ccccc1)c1ncn(CCCN2CCC(N3CCCC3)CC2)c1-c1ccc(Cl)c(Cl)c1.O=CO. The first-order valence-electron chi connectivity index (χ1n) is 13.9. The van der Waals surface area contributed by atoms with Gasteiger partial charge in [0.25, 0.3) is 12.4 Å². The van der Waals surface area contributed by atoms with E-state index >= 15 is 0 Å². The van der Waals surface area contributed by atoms with Crippen LogP contribution in [-0.2, 0) is 17.9 Å². The molecule has 10 heteroatoms. The van der Waals surface area contributed by atoms with Crippen molar-refractivity contribution in [3.05, 3.63) is 76.2 Å². The van der Waals surface area contributed by atoms with Crippen LogP contribution in [0, 0.1) is 0 Å². The zero-order chi connectivity index (χ0) is 28.3. The Morgan fingerprint density at radius 3 is 2.38 bits per heavy atom. The predicted molar refractivity (Wildman–Crippen MR) is 159 cm³/mol. The van der Waals surface area contributed by atoms with Gasteiger partial charge in [0.15, 0.2) is 5.69 Å². The lowest BCUT2D eigenvalue weighted by Crippen LogP contribution is -2.44. The summed E-state index contributed by atoms with van der Waals surface area (Å²) in [4.78, 5) is 31.3. The number of carbonyl (C=O) groups excluding carboxylic acids is 1. The summed E-state index contributed by atoms with van der Waals surface area (Å²) < 4.78 is 2.08. The lowest BCUT2D eigenvalue weighted by molar-refractivity contribution is -0.122. The maximum absolute atomic E-state index is 13.2. The molecule has 5 rings (SSSR count). The Bertz CT molecular complexity index is 1240. The smallest absolute Gasteiger partial charge is 0.290 e. The molecule has 2 aliphatic heterocycles. The van der Waals surface area contributed by atoms with Crippen LogP contribution in [0.25, 0.3) is 11.3 Å². The lowest BCUT2D eigenvalue weighted by Gasteiger charge is -2.36. The molecule has 2 N–H and O–H groups in total. The van der Waals surface area contributed by atoms with Crippen molar-refractivity contribution in [3.8, 4) is 11.3 Å². The standard InChI is InChI=1S/C29H35Cl2N5O.CH2O2/c30-25-10-9-23(19-26(25)31)28-27(29(37)32-20-22-7-2-1-3-8-22)33-21-36(28)16-6-13-34-17-11-24(12-18-34)35-14-4-5-15-35;2-1-3/h1-3,7-10,19,21,24H,4-6,11-18,20H2,(H,32,37);1H,(H,2,3). The number of benzene rings is 2. The molecule has 2 saturated heterocycles. The molecule has 0 spiro atoms. The summed E-state index contributed by atoms with van der Waals surface area (Å²) in [6.45, 7) is 6.91. The molecule has 2 aliphatic rings. The zero-order valence-electron chi connectivity index (χ0n) is 22.6. The molecule has 2 aromatic carbocycles. The average molecular weight is 587 g/mol. The van der Waals surface area contributed by atoms with E-state index < -0.39 is 0 Å². The van der Waals surface area contributed by atoms with Crippen LogP contribution >= 0.6 is 23.2 Å². The van der Waals surface area contributed by atoms with Crippen molar-refractivity contribution >= 4 is 35.6 Å². The highest BCUT2D eigenvalue weighted by atomic mass is 35.5. The van der Waals surface area contributed by atoms with Gasteiger partial charge in [-0.15, -0.1) is 0 Å². The number of likely N-dealkylation sites (tertiary alicyclic amines) is 2. The first-order chi connectivity index (χ1) is 19.5. The van der Waals surface area contributed by atoms with Gasteiger partial charge in [-0.2, -0.15) is 0 Å². The molecule has 40 heavy (non-hydrogen) atoms. The highest BCUT2D eigenvalue weighted by Crippen LogP contribution is 2.31. The average Bonchev–Trinajstić information content (AvgIpc) is 3.66. The van der Waals surface area contributed by atoms with Crippen molar-refractivity contribution in [1.29, 1.82) is 0 Å².